The van der Waals surface area contributed by atoms with E-state index in [-0.39, 0.29) is 6.04 Å². The molecule has 0 saturated carbocycles. The molecular formula is C26H24ClN3O2. The number of pyridine rings is 1. The highest BCUT2D eigenvalue weighted by Crippen LogP contribution is 2.36. The monoisotopic (exact) mass is 445 g/mol. The van der Waals surface area contributed by atoms with Crippen LogP contribution in [-0.4, -0.2) is 17.1 Å². The van der Waals surface area contributed by atoms with Crippen molar-refractivity contribution in [2.75, 3.05) is 4.90 Å². The molecule has 2 N–H and O–H groups in total. The fourth-order valence-electron chi connectivity index (χ4n) is 3.90. The third kappa shape index (κ3) is 4.25. The van der Waals surface area contributed by atoms with Crippen LogP contribution in [0.15, 0.2) is 72.9 Å². The normalized spacial score (nSPS) is 11.0. The Kier molecular flexibility index (Phi) is 6.01. The van der Waals surface area contributed by atoms with Crippen LogP contribution in [0.1, 0.15) is 19.4 Å². The van der Waals surface area contributed by atoms with Crippen molar-refractivity contribution in [3.8, 4) is 22.6 Å². The van der Waals surface area contributed by atoms with Gasteiger partial charge >= 0.3 is 6.03 Å². The molecule has 1 heterocycles. The number of para-hydroxylation sites is 1. The molecule has 0 spiro atoms. The van der Waals surface area contributed by atoms with E-state index in [4.69, 9.17) is 22.1 Å². The van der Waals surface area contributed by atoms with Gasteiger partial charge in [0.2, 0.25) is 0 Å². The second-order valence-corrected chi connectivity index (χ2v) is 8.29. The second kappa shape index (κ2) is 8.89. The summed E-state index contributed by atoms with van der Waals surface area (Å²) in [7, 11) is 0. The van der Waals surface area contributed by atoms with Gasteiger partial charge in [-0.05, 0) is 67.8 Å². The van der Waals surface area contributed by atoms with Crippen molar-refractivity contribution in [3.63, 3.8) is 0 Å². The Balaban J connectivity index is 1.71. The molecule has 4 rings (SSSR count). The van der Waals surface area contributed by atoms with E-state index < -0.39 is 6.03 Å². The Labute approximate surface area is 192 Å². The van der Waals surface area contributed by atoms with Crippen molar-refractivity contribution < 1.29 is 9.53 Å². The van der Waals surface area contributed by atoms with Gasteiger partial charge < -0.3 is 10.5 Å². The third-order valence-corrected chi connectivity index (χ3v) is 5.55. The molecule has 0 aliphatic carbocycles. The van der Waals surface area contributed by atoms with Gasteiger partial charge in [0.25, 0.3) is 0 Å². The number of hydrogen-bond acceptors (Lipinski definition) is 3. The summed E-state index contributed by atoms with van der Waals surface area (Å²) in [6.07, 6.45) is 1.84. The zero-order valence-corrected chi connectivity index (χ0v) is 18.9. The maximum Gasteiger partial charge on any atom is 0.319 e. The minimum atomic E-state index is -0.502. The predicted octanol–water partition coefficient (Wildman–Crippen LogP) is 6.95. The molecule has 0 radical (unpaired) electrons. The number of benzene rings is 3. The zero-order valence-electron chi connectivity index (χ0n) is 18.2. The van der Waals surface area contributed by atoms with Crippen LogP contribution < -0.4 is 15.4 Å². The first kappa shape index (κ1) is 21.7. The van der Waals surface area contributed by atoms with Crippen LogP contribution >= 0.6 is 11.6 Å². The van der Waals surface area contributed by atoms with Gasteiger partial charge in [0.15, 0.2) is 0 Å². The Morgan fingerprint density at radius 1 is 1.03 bits per heavy atom. The average Bonchev–Trinajstić information content (AvgIpc) is 2.74. The van der Waals surface area contributed by atoms with Gasteiger partial charge in [0.05, 0.1) is 10.5 Å². The standard InChI is InChI=1S/C26H24ClN3O2/c1-16(2)30(26(28)31)19-8-5-10-21(14-19)32-20-9-4-7-18(13-20)24-17(3)15-29-25-22(24)11-6-12-23(25)27/h4-16H,1-3H3,(H2,28,31). The Bertz CT molecular complexity index is 1300. The Morgan fingerprint density at radius 2 is 1.72 bits per heavy atom. The molecule has 2 amide bonds. The van der Waals surface area contributed by atoms with E-state index in [1.54, 1.807) is 0 Å². The summed E-state index contributed by atoms with van der Waals surface area (Å²) in [5.74, 6) is 1.30. The van der Waals surface area contributed by atoms with Crippen molar-refractivity contribution in [1.29, 1.82) is 0 Å². The minimum Gasteiger partial charge on any atom is -0.457 e. The molecule has 3 aromatic carbocycles. The molecule has 0 bridgehead atoms. The summed E-state index contributed by atoms with van der Waals surface area (Å²) in [4.78, 5) is 17.9. The number of rotatable bonds is 5. The number of halogens is 1. The molecule has 0 saturated heterocycles. The van der Waals surface area contributed by atoms with Crippen molar-refractivity contribution >= 4 is 34.2 Å². The van der Waals surface area contributed by atoms with Crippen LogP contribution in [0.4, 0.5) is 10.5 Å². The lowest BCUT2D eigenvalue weighted by molar-refractivity contribution is 0.252. The highest BCUT2D eigenvalue weighted by Gasteiger charge is 2.17. The Morgan fingerprint density at radius 3 is 2.44 bits per heavy atom. The van der Waals surface area contributed by atoms with Crippen LogP contribution in [0.25, 0.3) is 22.0 Å². The van der Waals surface area contributed by atoms with Gasteiger partial charge in [-0.1, -0.05) is 41.9 Å². The number of carbonyl (C=O) groups excluding carboxylic acids is 1. The number of aryl methyl sites for hydroxylation is 1. The Hall–Kier alpha value is -3.57. The van der Waals surface area contributed by atoms with Gasteiger partial charge in [-0.15, -0.1) is 0 Å². The van der Waals surface area contributed by atoms with E-state index in [0.717, 1.165) is 27.6 Å². The molecule has 162 valence electrons. The lowest BCUT2D eigenvalue weighted by atomic mass is 9.97. The van der Waals surface area contributed by atoms with Gasteiger partial charge in [0, 0.05) is 29.4 Å². The molecule has 32 heavy (non-hydrogen) atoms. The first-order valence-corrected chi connectivity index (χ1v) is 10.7. The quantitative estimate of drug-likeness (QED) is 0.361. The van der Waals surface area contributed by atoms with Crippen molar-refractivity contribution in [2.24, 2.45) is 5.73 Å². The molecule has 5 nitrogen and oxygen atoms in total. The first-order chi connectivity index (χ1) is 15.3. The zero-order chi connectivity index (χ0) is 22.8. The average molecular weight is 446 g/mol. The number of hydrogen-bond donors (Lipinski definition) is 1. The molecular weight excluding hydrogens is 422 g/mol. The number of aromatic nitrogens is 1. The first-order valence-electron chi connectivity index (χ1n) is 10.4. The van der Waals surface area contributed by atoms with Crippen LogP contribution in [0.5, 0.6) is 11.5 Å². The largest absolute Gasteiger partial charge is 0.457 e. The lowest BCUT2D eigenvalue weighted by Crippen LogP contribution is -2.40. The van der Waals surface area contributed by atoms with Crippen LogP contribution in [0.2, 0.25) is 5.02 Å². The van der Waals surface area contributed by atoms with E-state index in [1.165, 1.54) is 4.90 Å². The minimum absolute atomic E-state index is 0.0687. The molecule has 1 aromatic heterocycles. The van der Waals surface area contributed by atoms with Gasteiger partial charge in [0.1, 0.15) is 11.5 Å². The number of nitrogens with two attached hydrogens (primary N) is 1. The number of anilines is 1. The maximum absolute atomic E-state index is 11.9. The summed E-state index contributed by atoms with van der Waals surface area (Å²) in [5, 5.41) is 1.61. The fourth-order valence-corrected chi connectivity index (χ4v) is 4.12. The number of fused-ring (bicyclic) bond motifs is 1. The van der Waals surface area contributed by atoms with E-state index in [0.29, 0.717) is 22.2 Å². The maximum atomic E-state index is 11.9. The topological polar surface area (TPSA) is 68.4 Å². The van der Waals surface area contributed by atoms with E-state index in [1.807, 2.05) is 93.7 Å². The van der Waals surface area contributed by atoms with E-state index >= 15 is 0 Å². The number of primary amides is 1. The molecule has 4 aromatic rings. The van der Waals surface area contributed by atoms with Crippen LogP contribution in [-0.2, 0) is 0 Å². The van der Waals surface area contributed by atoms with Crippen molar-refractivity contribution in [1.82, 2.24) is 4.98 Å². The summed E-state index contributed by atoms with van der Waals surface area (Å²) in [5.41, 5.74) is 10.1. The van der Waals surface area contributed by atoms with Gasteiger partial charge in [-0.3, -0.25) is 9.88 Å². The van der Waals surface area contributed by atoms with Gasteiger partial charge in [-0.2, -0.15) is 0 Å². The summed E-state index contributed by atoms with van der Waals surface area (Å²) in [6.45, 7) is 5.86. The molecule has 0 aliphatic rings. The molecule has 0 fully saturated rings. The summed E-state index contributed by atoms with van der Waals surface area (Å²) >= 11 is 6.37. The molecule has 6 heteroatoms. The smallest absolute Gasteiger partial charge is 0.319 e. The molecule has 0 atom stereocenters. The van der Waals surface area contributed by atoms with E-state index in [2.05, 4.69) is 4.98 Å². The predicted molar refractivity (Wildman–Crippen MR) is 131 cm³/mol. The third-order valence-electron chi connectivity index (χ3n) is 5.25. The van der Waals surface area contributed by atoms with Crippen LogP contribution in [0.3, 0.4) is 0 Å². The number of ether oxygens (including phenoxy) is 1. The van der Waals surface area contributed by atoms with Gasteiger partial charge in [-0.25, -0.2) is 4.79 Å². The molecule has 0 unspecified atom stereocenters. The number of urea groups is 1. The summed E-state index contributed by atoms with van der Waals surface area (Å²) < 4.78 is 6.15. The SMILES string of the molecule is Cc1cnc2c(Cl)cccc2c1-c1cccc(Oc2cccc(N(C(N)=O)C(C)C)c2)c1. The van der Waals surface area contributed by atoms with Crippen molar-refractivity contribution in [3.05, 3.63) is 83.5 Å². The van der Waals surface area contributed by atoms with Crippen molar-refractivity contribution in [2.45, 2.75) is 26.8 Å². The fraction of sp³-hybridized carbons (Fsp3) is 0.154. The second-order valence-electron chi connectivity index (χ2n) is 7.88. The molecule has 0 aliphatic heterocycles. The van der Waals surface area contributed by atoms with Crippen LogP contribution in [0, 0.1) is 6.92 Å². The highest BCUT2D eigenvalue weighted by molar-refractivity contribution is 6.35. The summed E-state index contributed by atoms with van der Waals surface area (Å²) in [6, 6.07) is 20.5. The van der Waals surface area contributed by atoms with E-state index in [9.17, 15) is 4.79 Å². The number of nitrogens with zero attached hydrogens (tertiary/aromatic N) is 2. The number of amides is 2. The highest BCUT2D eigenvalue weighted by atomic mass is 35.5. The lowest BCUT2D eigenvalue weighted by Gasteiger charge is -2.25. The number of carbonyl (C=O) groups is 1.